The molecule has 0 atom stereocenters. The number of benzene rings is 2. The summed E-state index contributed by atoms with van der Waals surface area (Å²) in [6.45, 7) is 6.28. The molecule has 1 N–H and O–H groups in total. The van der Waals surface area contributed by atoms with Crippen LogP contribution in [0.1, 0.15) is 18.4 Å². The molecule has 1 aliphatic heterocycles. The molecular weight excluding hydrogens is 340 g/mol. The van der Waals surface area contributed by atoms with Gasteiger partial charge >= 0.3 is 0 Å². The number of phenolic OH excluding ortho intramolecular Hbond substituents is 1. The molecule has 3 aromatic rings. The number of aromatic hydroxyl groups is 1. The van der Waals surface area contributed by atoms with Gasteiger partial charge in [0.15, 0.2) is 0 Å². The molecule has 1 fully saturated rings. The second-order valence-corrected chi connectivity index (χ2v) is 6.81. The first-order valence-corrected chi connectivity index (χ1v) is 9.40. The summed E-state index contributed by atoms with van der Waals surface area (Å²) in [5.74, 6) is 1.61. The number of aryl methyl sites for hydroxylation is 1. The van der Waals surface area contributed by atoms with Crippen molar-refractivity contribution in [3.05, 3.63) is 60.0 Å². The Bertz CT molecular complexity index is 883. The minimum Gasteiger partial charge on any atom is -0.506 e. The zero-order chi connectivity index (χ0) is 18.6. The first-order chi connectivity index (χ1) is 13.2. The molecule has 0 aliphatic carbocycles. The number of para-hydroxylation sites is 2. The Labute approximate surface area is 159 Å². The van der Waals surface area contributed by atoms with E-state index < -0.39 is 0 Å². The lowest BCUT2D eigenvalue weighted by Crippen LogP contribution is -2.46. The van der Waals surface area contributed by atoms with E-state index in [0.29, 0.717) is 24.0 Å². The molecule has 27 heavy (non-hydrogen) atoms. The molecule has 140 valence electrons. The highest BCUT2D eigenvalue weighted by Crippen LogP contribution is 2.27. The van der Waals surface area contributed by atoms with Crippen LogP contribution >= 0.6 is 0 Å². The fourth-order valence-corrected chi connectivity index (χ4v) is 3.40. The van der Waals surface area contributed by atoms with E-state index in [2.05, 4.69) is 39.0 Å². The SMILES string of the molecule is CCc1ccc(-c2noc(CN3CCN(c4ccccc4O)CC3)n2)cc1. The lowest BCUT2D eigenvalue weighted by molar-refractivity contribution is 0.215. The third kappa shape index (κ3) is 3.95. The Balaban J connectivity index is 1.35. The molecule has 4 rings (SSSR count). The summed E-state index contributed by atoms with van der Waals surface area (Å²) < 4.78 is 5.45. The van der Waals surface area contributed by atoms with Gasteiger partial charge in [-0.2, -0.15) is 4.98 Å². The Morgan fingerprint density at radius 3 is 2.44 bits per heavy atom. The smallest absolute Gasteiger partial charge is 0.241 e. The number of hydrogen-bond acceptors (Lipinski definition) is 6. The summed E-state index contributed by atoms with van der Waals surface area (Å²) in [4.78, 5) is 9.06. The van der Waals surface area contributed by atoms with Crippen LogP contribution in [-0.2, 0) is 13.0 Å². The van der Waals surface area contributed by atoms with Gasteiger partial charge in [0.2, 0.25) is 11.7 Å². The van der Waals surface area contributed by atoms with Gasteiger partial charge in [0.1, 0.15) is 5.75 Å². The molecule has 1 saturated heterocycles. The third-order valence-electron chi connectivity index (χ3n) is 5.04. The maximum atomic E-state index is 10.0. The largest absolute Gasteiger partial charge is 0.506 e. The minimum atomic E-state index is 0.335. The van der Waals surface area contributed by atoms with Crippen LogP contribution in [0.4, 0.5) is 5.69 Å². The van der Waals surface area contributed by atoms with Crippen molar-refractivity contribution in [3.63, 3.8) is 0 Å². The molecule has 0 unspecified atom stereocenters. The topological polar surface area (TPSA) is 65.6 Å². The lowest BCUT2D eigenvalue weighted by atomic mass is 10.1. The fourth-order valence-electron chi connectivity index (χ4n) is 3.40. The van der Waals surface area contributed by atoms with Crippen molar-refractivity contribution >= 4 is 5.69 Å². The van der Waals surface area contributed by atoms with Crippen LogP contribution < -0.4 is 4.90 Å². The van der Waals surface area contributed by atoms with E-state index in [1.165, 1.54) is 5.56 Å². The molecule has 1 aliphatic rings. The highest BCUT2D eigenvalue weighted by Gasteiger charge is 2.21. The molecule has 0 saturated carbocycles. The Morgan fingerprint density at radius 1 is 1.00 bits per heavy atom. The molecular formula is C21H24N4O2. The molecule has 6 heteroatoms. The van der Waals surface area contributed by atoms with E-state index in [1.807, 2.05) is 30.3 Å². The van der Waals surface area contributed by atoms with Crippen molar-refractivity contribution in [1.82, 2.24) is 15.0 Å². The third-order valence-corrected chi connectivity index (χ3v) is 5.04. The first kappa shape index (κ1) is 17.5. The van der Waals surface area contributed by atoms with Crippen molar-refractivity contribution < 1.29 is 9.63 Å². The van der Waals surface area contributed by atoms with Crippen molar-refractivity contribution in [2.45, 2.75) is 19.9 Å². The highest BCUT2D eigenvalue weighted by atomic mass is 16.5. The van der Waals surface area contributed by atoms with E-state index >= 15 is 0 Å². The van der Waals surface area contributed by atoms with Gasteiger partial charge in [0.25, 0.3) is 0 Å². The number of anilines is 1. The van der Waals surface area contributed by atoms with Gasteiger partial charge in [-0.1, -0.05) is 48.5 Å². The zero-order valence-corrected chi connectivity index (χ0v) is 15.5. The number of piperazine rings is 1. The van der Waals surface area contributed by atoms with Gasteiger partial charge in [-0.25, -0.2) is 0 Å². The molecule has 2 aromatic carbocycles. The Kier molecular flexibility index (Phi) is 5.07. The Morgan fingerprint density at radius 2 is 1.74 bits per heavy atom. The summed E-state index contributed by atoms with van der Waals surface area (Å²) in [6.07, 6.45) is 1.02. The minimum absolute atomic E-state index is 0.335. The van der Waals surface area contributed by atoms with Gasteiger partial charge in [0.05, 0.1) is 12.2 Å². The first-order valence-electron chi connectivity index (χ1n) is 9.40. The van der Waals surface area contributed by atoms with Crippen molar-refractivity contribution in [3.8, 4) is 17.1 Å². The zero-order valence-electron chi connectivity index (χ0n) is 15.5. The van der Waals surface area contributed by atoms with E-state index in [0.717, 1.165) is 43.9 Å². The van der Waals surface area contributed by atoms with Crippen LogP contribution in [0.25, 0.3) is 11.4 Å². The van der Waals surface area contributed by atoms with Crippen LogP contribution in [0.5, 0.6) is 5.75 Å². The molecule has 6 nitrogen and oxygen atoms in total. The monoisotopic (exact) mass is 364 g/mol. The molecule has 0 amide bonds. The molecule has 0 spiro atoms. The number of aromatic nitrogens is 2. The number of phenols is 1. The van der Waals surface area contributed by atoms with Crippen LogP contribution in [0.2, 0.25) is 0 Å². The predicted molar refractivity (Wildman–Crippen MR) is 105 cm³/mol. The van der Waals surface area contributed by atoms with Crippen molar-refractivity contribution in [2.75, 3.05) is 31.1 Å². The molecule has 1 aromatic heterocycles. The number of rotatable bonds is 5. The Hall–Kier alpha value is -2.86. The average molecular weight is 364 g/mol. The molecule has 2 heterocycles. The molecule has 0 bridgehead atoms. The van der Waals surface area contributed by atoms with E-state index in [-0.39, 0.29) is 0 Å². The maximum Gasteiger partial charge on any atom is 0.241 e. The quantitative estimate of drug-likeness (QED) is 0.749. The van der Waals surface area contributed by atoms with Gasteiger partial charge in [-0.3, -0.25) is 4.90 Å². The van der Waals surface area contributed by atoms with Gasteiger partial charge in [-0.05, 0) is 24.1 Å². The van der Waals surface area contributed by atoms with Crippen molar-refractivity contribution in [1.29, 1.82) is 0 Å². The normalized spacial score (nSPS) is 15.2. The second-order valence-electron chi connectivity index (χ2n) is 6.81. The predicted octanol–water partition coefficient (Wildman–Crippen LogP) is 3.33. The summed E-state index contributed by atoms with van der Waals surface area (Å²) >= 11 is 0. The summed E-state index contributed by atoms with van der Waals surface area (Å²) in [6, 6.07) is 15.8. The summed E-state index contributed by atoms with van der Waals surface area (Å²) in [5.41, 5.74) is 3.17. The maximum absolute atomic E-state index is 10.0. The van der Waals surface area contributed by atoms with Gasteiger partial charge < -0.3 is 14.5 Å². The van der Waals surface area contributed by atoms with Gasteiger partial charge in [-0.15, -0.1) is 0 Å². The lowest BCUT2D eigenvalue weighted by Gasteiger charge is -2.35. The average Bonchev–Trinajstić information content (AvgIpc) is 3.18. The van der Waals surface area contributed by atoms with Gasteiger partial charge in [0, 0.05) is 31.7 Å². The van der Waals surface area contributed by atoms with E-state index in [4.69, 9.17) is 4.52 Å². The summed E-state index contributed by atoms with van der Waals surface area (Å²) in [7, 11) is 0. The number of hydrogen-bond donors (Lipinski definition) is 1. The van der Waals surface area contributed by atoms with Crippen LogP contribution in [-0.4, -0.2) is 46.3 Å². The van der Waals surface area contributed by atoms with E-state index in [9.17, 15) is 5.11 Å². The van der Waals surface area contributed by atoms with Crippen LogP contribution in [0.15, 0.2) is 53.1 Å². The van der Waals surface area contributed by atoms with E-state index in [1.54, 1.807) is 6.07 Å². The van der Waals surface area contributed by atoms with Crippen LogP contribution in [0.3, 0.4) is 0 Å². The van der Waals surface area contributed by atoms with Crippen LogP contribution in [0, 0.1) is 0 Å². The summed E-state index contributed by atoms with van der Waals surface area (Å²) in [5, 5.41) is 14.1. The van der Waals surface area contributed by atoms with Crippen molar-refractivity contribution in [2.24, 2.45) is 0 Å². The molecule has 0 radical (unpaired) electrons. The standard InChI is InChI=1S/C21H24N4O2/c1-2-16-7-9-17(10-8-16)21-22-20(27-23-21)15-24-11-13-25(14-12-24)18-5-3-4-6-19(18)26/h3-10,26H,2,11-15H2,1H3. The number of nitrogens with zero attached hydrogens (tertiary/aromatic N) is 4. The fraction of sp³-hybridized carbons (Fsp3) is 0.333. The second kappa shape index (κ2) is 7.80. The highest BCUT2D eigenvalue weighted by molar-refractivity contribution is 5.58.